The monoisotopic (exact) mass is 392 g/mol. The number of esters is 1. The Balaban J connectivity index is 2.37. The van der Waals surface area contributed by atoms with Gasteiger partial charge in [0.15, 0.2) is 0 Å². The third-order valence-electron chi connectivity index (χ3n) is 5.34. The Labute approximate surface area is 166 Å². The Kier molecular flexibility index (Phi) is 6.57. The minimum atomic E-state index is -0.604. The lowest BCUT2D eigenvalue weighted by molar-refractivity contribution is -0.150. The fourth-order valence-corrected chi connectivity index (χ4v) is 3.65. The lowest BCUT2D eigenvalue weighted by atomic mass is 9.78. The number of ether oxygens (including phenoxy) is 2. The average molecular weight is 392 g/mol. The van der Waals surface area contributed by atoms with Crippen molar-refractivity contribution in [1.82, 2.24) is 9.47 Å². The molecular weight excluding hydrogens is 360 g/mol. The molecule has 156 valence electrons. The van der Waals surface area contributed by atoms with Crippen molar-refractivity contribution in [3.63, 3.8) is 0 Å². The van der Waals surface area contributed by atoms with E-state index in [0.717, 1.165) is 16.8 Å². The van der Waals surface area contributed by atoms with E-state index in [4.69, 9.17) is 9.47 Å². The van der Waals surface area contributed by atoms with E-state index < -0.39 is 17.6 Å². The quantitative estimate of drug-likeness (QED) is 0.739. The van der Waals surface area contributed by atoms with Gasteiger partial charge in [0, 0.05) is 37.8 Å². The zero-order chi connectivity index (χ0) is 21.2. The molecule has 28 heavy (non-hydrogen) atoms. The van der Waals surface area contributed by atoms with Crippen LogP contribution >= 0.6 is 0 Å². The van der Waals surface area contributed by atoms with Crippen LogP contribution in [0.4, 0.5) is 4.79 Å². The molecule has 1 aromatic heterocycles. The van der Waals surface area contributed by atoms with Crippen LogP contribution in [0.1, 0.15) is 56.9 Å². The molecule has 0 radical (unpaired) electrons. The normalized spacial score (nSPS) is 20.0. The summed E-state index contributed by atoms with van der Waals surface area (Å²) in [4.78, 5) is 39.1. The van der Waals surface area contributed by atoms with Crippen molar-refractivity contribution in [2.45, 2.75) is 59.5 Å². The summed E-state index contributed by atoms with van der Waals surface area (Å²) in [6.07, 6.45) is 0.132. The van der Waals surface area contributed by atoms with Crippen molar-refractivity contribution in [3.8, 4) is 0 Å². The van der Waals surface area contributed by atoms with Crippen LogP contribution in [0.15, 0.2) is 10.9 Å². The summed E-state index contributed by atoms with van der Waals surface area (Å²) in [7, 11) is 1.74. The van der Waals surface area contributed by atoms with Crippen LogP contribution in [-0.4, -0.2) is 46.8 Å². The van der Waals surface area contributed by atoms with E-state index >= 15 is 0 Å². The van der Waals surface area contributed by atoms with E-state index in [9.17, 15) is 14.4 Å². The van der Waals surface area contributed by atoms with Gasteiger partial charge in [-0.25, -0.2) is 4.79 Å². The largest absolute Gasteiger partial charge is 0.466 e. The number of carbonyl (C=O) groups excluding carboxylic acids is 2. The van der Waals surface area contributed by atoms with Gasteiger partial charge >= 0.3 is 12.1 Å². The van der Waals surface area contributed by atoms with Gasteiger partial charge in [0.25, 0.3) is 5.56 Å². The van der Waals surface area contributed by atoms with Crippen LogP contribution in [-0.2, 0) is 21.3 Å². The molecule has 1 aromatic rings. The number of nitrogens with zero attached hydrogens (tertiary/aromatic N) is 2. The van der Waals surface area contributed by atoms with E-state index in [0.29, 0.717) is 13.0 Å². The highest BCUT2D eigenvalue weighted by atomic mass is 16.6. The Morgan fingerprint density at radius 3 is 2.46 bits per heavy atom. The third-order valence-corrected chi connectivity index (χ3v) is 5.34. The first-order chi connectivity index (χ1) is 13.0. The standard InChI is InChI=1S/C21H32N2O5/c1-8-27-19(25)17-12-23(20(26)28-21(4,5)6)10-9-15(17)16-11-18(24)22(7)14(3)13(16)2/h11,15,17H,8-10,12H2,1-7H3/t15-,17+/m0/s1. The van der Waals surface area contributed by atoms with Gasteiger partial charge in [-0.2, -0.15) is 0 Å². The maximum absolute atomic E-state index is 12.7. The number of amides is 1. The number of pyridine rings is 1. The summed E-state index contributed by atoms with van der Waals surface area (Å²) in [5, 5.41) is 0. The Hall–Kier alpha value is -2.31. The van der Waals surface area contributed by atoms with E-state index in [1.54, 1.807) is 29.5 Å². The molecule has 1 aliphatic heterocycles. The second kappa shape index (κ2) is 8.37. The molecule has 2 heterocycles. The zero-order valence-electron chi connectivity index (χ0n) is 18.0. The molecule has 1 fully saturated rings. The van der Waals surface area contributed by atoms with E-state index in [1.807, 2.05) is 34.6 Å². The van der Waals surface area contributed by atoms with Gasteiger partial charge in [0.05, 0.1) is 12.5 Å². The number of likely N-dealkylation sites (tertiary alicyclic amines) is 1. The number of piperidine rings is 1. The summed E-state index contributed by atoms with van der Waals surface area (Å²) in [6.45, 7) is 12.0. The first kappa shape index (κ1) is 22.0. The van der Waals surface area contributed by atoms with Crippen molar-refractivity contribution >= 4 is 12.1 Å². The molecule has 0 N–H and O–H groups in total. The van der Waals surface area contributed by atoms with Gasteiger partial charge < -0.3 is 18.9 Å². The minimum absolute atomic E-state index is 0.102. The van der Waals surface area contributed by atoms with Crippen molar-refractivity contribution in [3.05, 3.63) is 33.2 Å². The van der Waals surface area contributed by atoms with Crippen LogP contribution in [0.3, 0.4) is 0 Å². The molecular formula is C21H32N2O5. The van der Waals surface area contributed by atoms with Crippen LogP contribution in [0.5, 0.6) is 0 Å². The molecule has 1 amide bonds. The maximum Gasteiger partial charge on any atom is 0.410 e. The summed E-state index contributed by atoms with van der Waals surface area (Å²) in [6, 6.07) is 1.61. The molecule has 0 aliphatic carbocycles. The van der Waals surface area contributed by atoms with Crippen molar-refractivity contribution in [2.75, 3.05) is 19.7 Å². The fourth-order valence-electron chi connectivity index (χ4n) is 3.65. The summed E-state index contributed by atoms with van der Waals surface area (Å²) >= 11 is 0. The number of hydrogen-bond donors (Lipinski definition) is 0. The Morgan fingerprint density at radius 1 is 1.25 bits per heavy atom. The zero-order valence-corrected chi connectivity index (χ0v) is 18.0. The summed E-state index contributed by atoms with van der Waals surface area (Å²) in [5.74, 6) is -1.06. The lowest BCUT2D eigenvalue weighted by Crippen LogP contribution is -2.48. The Bertz CT molecular complexity index is 806. The van der Waals surface area contributed by atoms with Gasteiger partial charge in [-0.05, 0) is 59.1 Å². The molecule has 0 bridgehead atoms. The SMILES string of the molecule is CCOC(=O)[C@@H]1CN(C(=O)OC(C)(C)C)CC[C@H]1c1cc(=O)n(C)c(C)c1C. The van der Waals surface area contributed by atoms with E-state index in [1.165, 1.54) is 0 Å². The second-order valence-corrected chi connectivity index (χ2v) is 8.39. The molecule has 1 aliphatic rings. The van der Waals surface area contributed by atoms with E-state index in [-0.39, 0.29) is 30.6 Å². The molecule has 0 saturated carbocycles. The number of carbonyl (C=O) groups is 2. The van der Waals surface area contributed by atoms with Gasteiger partial charge in [0.2, 0.25) is 0 Å². The van der Waals surface area contributed by atoms with Gasteiger partial charge in [-0.15, -0.1) is 0 Å². The van der Waals surface area contributed by atoms with Crippen LogP contribution in [0.2, 0.25) is 0 Å². The molecule has 2 rings (SSSR count). The highest BCUT2D eigenvalue weighted by molar-refractivity contribution is 5.76. The second-order valence-electron chi connectivity index (χ2n) is 8.39. The minimum Gasteiger partial charge on any atom is -0.466 e. The van der Waals surface area contributed by atoms with Gasteiger partial charge in [-0.1, -0.05) is 0 Å². The van der Waals surface area contributed by atoms with Crippen molar-refractivity contribution in [1.29, 1.82) is 0 Å². The van der Waals surface area contributed by atoms with Crippen LogP contribution in [0, 0.1) is 19.8 Å². The third kappa shape index (κ3) is 4.75. The highest BCUT2D eigenvalue weighted by Gasteiger charge is 2.40. The molecule has 0 aromatic carbocycles. The number of aromatic nitrogens is 1. The maximum atomic E-state index is 12.7. The highest BCUT2D eigenvalue weighted by Crippen LogP contribution is 2.36. The molecule has 7 nitrogen and oxygen atoms in total. The Morgan fingerprint density at radius 2 is 1.89 bits per heavy atom. The number of rotatable bonds is 3. The molecule has 0 unspecified atom stereocenters. The molecule has 0 spiro atoms. The first-order valence-electron chi connectivity index (χ1n) is 9.78. The van der Waals surface area contributed by atoms with Gasteiger partial charge in [-0.3, -0.25) is 9.59 Å². The first-order valence-corrected chi connectivity index (χ1v) is 9.78. The van der Waals surface area contributed by atoms with Crippen molar-refractivity contribution < 1.29 is 19.1 Å². The molecule has 7 heteroatoms. The topological polar surface area (TPSA) is 77.8 Å². The lowest BCUT2D eigenvalue weighted by Gasteiger charge is -2.38. The van der Waals surface area contributed by atoms with Crippen LogP contribution in [0.25, 0.3) is 0 Å². The van der Waals surface area contributed by atoms with Gasteiger partial charge in [0.1, 0.15) is 5.60 Å². The summed E-state index contributed by atoms with van der Waals surface area (Å²) < 4.78 is 12.4. The predicted octanol–water partition coefficient (Wildman–Crippen LogP) is 2.91. The molecule has 2 atom stereocenters. The van der Waals surface area contributed by atoms with Crippen LogP contribution < -0.4 is 5.56 Å². The fraction of sp³-hybridized carbons (Fsp3) is 0.667. The smallest absolute Gasteiger partial charge is 0.410 e. The average Bonchev–Trinajstić information content (AvgIpc) is 2.61. The molecule has 1 saturated heterocycles. The predicted molar refractivity (Wildman–Crippen MR) is 106 cm³/mol. The van der Waals surface area contributed by atoms with Crippen molar-refractivity contribution in [2.24, 2.45) is 13.0 Å². The summed E-state index contributed by atoms with van der Waals surface area (Å²) in [5.41, 5.74) is 2.02. The van der Waals surface area contributed by atoms with E-state index in [2.05, 4.69) is 0 Å². The number of hydrogen-bond acceptors (Lipinski definition) is 5.